The van der Waals surface area contributed by atoms with E-state index in [4.69, 9.17) is 5.73 Å². The van der Waals surface area contributed by atoms with Crippen LogP contribution in [-0.2, 0) is 11.3 Å². The van der Waals surface area contributed by atoms with E-state index < -0.39 is 0 Å². The largest absolute Gasteiger partial charge is 0.340 e. The number of amides is 1. The van der Waals surface area contributed by atoms with E-state index in [1.165, 1.54) is 4.88 Å². The maximum Gasteiger partial charge on any atom is 0.225 e. The van der Waals surface area contributed by atoms with Crippen LogP contribution in [0.25, 0.3) is 0 Å². The average molecular weight is 319 g/mol. The van der Waals surface area contributed by atoms with Crippen molar-refractivity contribution in [2.75, 3.05) is 13.6 Å². The zero-order chi connectivity index (χ0) is 12.8. The van der Waals surface area contributed by atoms with Gasteiger partial charge in [-0.2, -0.15) is 0 Å². The lowest BCUT2D eigenvalue weighted by molar-refractivity contribution is -0.134. The van der Waals surface area contributed by atoms with Crippen LogP contribution in [0.3, 0.4) is 0 Å². The first-order valence-corrected chi connectivity index (χ1v) is 7.39. The highest BCUT2D eigenvalue weighted by atomic mass is 79.9. The minimum atomic E-state index is 0.0620. The summed E-state index contributed by atoms with van der Waals surface area (Å²) in [6.07, 6.45) is 1.78. The van der Waals surface area contributed by atoms with E-state index in [9.17, 15) is 4.79 Å². The zero-order valence-corrected chi connectivity index (χ0v) is 12.7. The first-order valence-electron chi connectivity index (χ1n) is 5.72. The van der Waals surface area contributed by atoms with E-state index in [1.54, 1.807) is 16.2 Å². The standard InChI is InChI=1S/C12H19BrN2OS/c1-9(4-3-5-14)12(16)15(2)7-11-6-10(13)8-17-11/h6,8-9H,3-5,7,14H2,1-2H3. The van der Waals surface area contributed by atoms with E-state index in [1.807, 2.05) is 19.4 Å². The third-order valence-electron chi connectivity index (χ3n) is 2.65. The van der Waals surface area contributed by atoms with Crippen LogP contribution < -0.4 is 5.73 Å². The lowest BCUT2D eigenvalue weighted by Gasteiger charge is -2.20. The molecular formula is C12H19BrN2OS. The summed E-state index contributed by atoms with van der Waals surface area (Å²) in [4.78, 5) is 15.0. The topological polar surface area (TPSA) is 46.3 Å². The molecule has 0 saturated carbocycles. The summed E-state index contributed by atoms with van der Waals surface area (Å²) in [6.45, 7) is 3.31. The Balaban J connectivity index is 2.46. The van der Waals surface area contributed by atoms with Crippen molar-refractivity contribution < 1.29 is 4.79 Å². The van der Waals surface area contributed by atoms with Gasteiger partial charge in [-0.1, -0.05) is 6.92 Å². The summed E-state index contributed by atoms with van der Waals surface area (Å²) in [5, 5.41) is 2.03. The van der Waals surface area contributed by atoms with Gasteiger partial charge in [0, 0.05) is 27.7 Å². The Labute approximate surface area is 115 Å². The lowest BCUT2D eigenvalue weighted by Crippen LogP contribution is -2.31. The molecule has 96 valence electrons. The molecule has 0 aliphatic heterocycles. The summed E-state index contributed by atoms with van der Waals surface area (Å²) in [5.41, 5.74) is 5.45. The highest BCUT2D eigenvalue weighted by Gasteiger charge is 2.17. The molecular weight excluding hydrogens is 300 g/mol. The van der Waals surface area contributed by atoms with Crippen molar-refractivity contribution in [2.45, 2.75) is 26.3 Å². The van der Waals surface area contributed by atoms with E-state index in [2.05, 4.69) is 22.0 Å². The number of nitrogens with zero attached hydrogens (tertiary/aromatic N) is 1. The van der Waals surface area contributed by atoms with Crippen LogP contribution in [0.2, 0.25) is 0 Å². The maximum absolute atomic E-state index is 12.0. The number of nitrogens with two attached hydrogens (primary N) is 1. The number of thiophene rings is 1. The van der Waals surface area contributed by atoms with Gasteiger partial charge in [-0.3, -0.25) is 4.79 Å². The van der Waals surface area contributed by atoms with Crippen LogP contribution in [0.15, 0.2) is 15.9 Å². The number of hydrogen-bond acceptors (Lipinski definition) is 3. The van der Waals surface area contributed by atoms with E-state index in [-0.39, 0.29) is 11.8 Å². The van der Waals surface area contributed by atoms with Crippen molar-refractivity contribution in [2.24, 2.45) is 11.7 Å². The summed E-state index contributed by atoms with van der Waals surface area (Å²) in [5.74, 6) is 0.259. The second-order valence-electron chi connectivity index (χ2n) is 4.26. The molecule has 1 atom stereocenters. The monoisotopic (exact) mass is 318 g/mol. The molecule has 5 heteroatoms. The van der Waals surface area contributed by atoms with Crippen molar-refractivity contribution >= 4 is 33.2 Å². The van der Waals surface area contributed by atoms with Gasteiger partial charge in [0.15, 0.2) is 0 Å². The summed E-state index contributed by atoms with van der Waals surface area (Å²) < 4.78 is 1.08. The molecule has 1 aromatic heterocycles. The minimum Gasteiger partial charge on any atom is -0.340 e. The van der Waals surface area contributed by atoms with Gasteiger partial charge in [-0.05, 0) is 41.4 Å². The molecule has 1 aromatic rings. The third-order valence-corrected chi connectivity index (χ3v) is 4.34. The Morgan fingerprint density at radius 2 is 2.35 bits per heavy atom. The minimum absolute atomic E-state index is 0.0620. The summed E-state index contributed by atoms with van der Waals surface area (Å²) >= 11 is 5.08. The Morgan fingerprint density at radius 3 is 2.88 bits per heavy atom. The van der Waals surface area contributed by atoms with Gasteiger partial charge in [0.1, 0.15) is 0 Å². The normalized spacial score (nSPS) is 12.5. The SMILES string of the molecule is CC(CCCN)C(=O)N(C)Cc1cc(Br)cs1. The first kappa shape index (κ1) is 14.7. The van der Waals surface area contributed by atoms with Gasteiger partial charge >= 0.3 is 0 Å². The van der Waals surface area contributed by atoms with Crippen LogP contribution in [-0.4, -0.2) is 24.4 Å². The number of carbonyl (C=O) groups excluding carboxylic acids is 1. The molecule has 0 fully saturated rings. The lowest BCUT2D eigenvalue weighted by atomic mass is 10.0. The van der Waals surface area contributed by atoms with Crippen LogP contribution in [0.4, 0.5) is 0 Å². The van der Waals surface area contributed by atoms with E-state index in [0.717, 1.165) is 17.3 Å². The Morgan fingerprint density at radius 1 is 1.65 bits per heavy atom. The molecule has 1 unspecified atom stereocenters. The summed E-state index contributed by atoms with van der Waals surface area (Å²) in [7, 11) is 1.86. The molecule has 0 aromatic carbocycles. The predicted molar refractivity (Wildman–Crippen MR) is 75.9 cm³/mol. The molecule has 0 spiro atoms. The summed E-state index contributed by atoms with van der Waals surface area (Å²) in [6, 6.07) is 2.05. The Bertz CT molecular complexity index is 367. The van der Waals surface area contributed by atoms with Gasteiger partial charge < -0.3 is 10.6 Å². The molecule has 0 bridgehead atoms. The fraction of sp³-hybridized carbons (Fsp3) is 0.583. The molecule has 1 heterocycles. The molecule has 0 radical (unpaired) electrons. The quantitative estimate of drug-likeness (QED) is 0.876. The molecule has 1 amide bonds. The molecule has 3 nitrogen and oxygen atoms in total. The van der Waals surface area contributed by atoms with Crippen molar-refractivity contribution in [1.82, 2.24) is 4.90 Å². The molecule has 0 aliphatic carbocycles. The van der Waals surface area contributed by atoms with Gasteiger partial charge in [0.25, 0.3) is 0 Å². The molecule has 1 rings (SSSR count). The van der Waals surface area contributed by atoms with Gasteiger partial charge in [-0.25, -0.2) is 0 Å². The molecule has 2 N–H and O–H groups in total. The van der Waals surface area contributed by atoms with Crippen LogP contribution >= 0.6 is 27.3 Å². The zero-order valence-electron chi connectivity index (χ0n) is 10.3. The van der Waals surface area contributed by atoms with Gasteiger partial charge in [0.05, 0.1) is 6.54 Å². The second-order valence-corrected chi connectivity index (χ2v) is 6.17. The van der Waals surface area contributed by atoms with Gasteiger partial charge in [0.2, 0.25) is 5.91 Å². The number of carbonyl (C=O) groups is 1. The van der Waals surface area contributed by atoms with Crippen LogP contribution in [0, 0.1) is 5.92 Å². The van der Waals surface area contributed by atoms with Crippen molar-refractivity contribution in [3.63, 3.8) is 0 Å². The fourth-order valence-corrected chi connectivity index (χ4v) is 3.18. The van der Waals surface area contributed by atoms with Crippen molar-refractivity contribution in [1.29, 1.82) is 0 Å². The highest BCUT2D eigenvalue weighted by Crippen LogP contribution is 2.21. The Kier molecular flexibility index (Phi) is 6.16. The first-order chi connectivity index (χ1) is 8.04. The van der Waals surface area contributed by atoms with E-state index >= 15 is 0 Å². The van der Waals surface area contributed by atoms with Crippen LogP contribution in [0.1, 0.15) is 24.6 Å². The van der Waals surface area contributed by atoms with Crippen molar-refractivity contribution in [3.05, 3.63) is 20.8 Å². The average Bonchev–Trinajstić information content (AvgIpc) is 2.70. The smallest absolute Gasteiger partial charge is 0.225 e. The third kappa shape index (κ3) is 4.77. The number of hydrogen-bond donors (Lipinski definition) is 1. The second kappa shape index (κ2) is 7.13. The molecule has 0 saturated heterocycles. The molecule has 0 aliphatic rings. The number of halogens is 1. The fourth-order valence-electron chi connectivity index (χ4n) is 1.67. The van der Waals surface area contributed by atoms with Crippen LogP contribution in [0.5, 0.6) is 0 Å². The predicted octanol–water partition coefficient (Wildman–Crippen LogP) is 2.84. The highest BCUT2D eigenvalue weighted by molar-refractivity contribution is 9.10. The maximum atomic E-state index is 12.0. The van der Waals surface area contributed by atoms with E-state index in [0.29, 0.717) is 13.1 Å². The molecule has 17 heavy (non-hydrogen) atoms. The van der Waals surface area contributed by atoms with Gasteiger partial charge in [-0.15, -0.1) is 11.3 Å². The number of rotatable bonds is 6. The Hall–Kier alpha value is -0.390. The van der Waals surface area contributed by atoms with Crippen molar-refractivity contribution in [3.8, 4) is 0 Å².